The molecule has 0 atom stereocenters. The highest BCUT2D eigenvalue weighted by Crippen LogP contribution is 2.32. The van der Waals surface area contributed by atoms with Crippen LogP contribution in [0.25, 0.3) is 11.1 Å². The Labute approximate surface area is 168 Å². The number of hydrogen-bond donors (Lipinski definition) is 1. The zero-order chi connectivity index (χ0) is 20.4. The molecule has 4 rings (SSSR count). The molecule has 2 N–H and O–H groups in total. The number of pyridine rings is 1. The van der Waals surface area contributed by atoms with E-state index in [-0.39, 0.29) is 11.3 Å². The van der Waals surface area contributed by atoms with E-state index in [9.17, 15) is 13.6 Å². The second-order valence-electron chi connectivity index (χ2n) is 7.23. The van der Waals surface area contributed by atoms with E-state index in [1.807, 2.05) is 18.2 Å². The molecule has 0 saturated heterocycles. The summed E-state index contributed by atoms with van der Waals surface area (Å²) in [4.78, 5) is 18.5. The summed E-state index contributed by atoms with van der Waals surface area (Å²) in [6.45, 7) is 2.21. The lowest BCUT2D eigenvalue weighted by atomic mass is 9.92. The van der Waals surface area contributed by atoms with Crippen LogP contribution in [0, 0.1) is 11.6 Å². The van der Waals surface area contributed by atoms with Crippen molar-refractivity contribution < 1.29 is 13.6 Å². The lowest BCUT2D eigenvalue weighted by Gasteiger charge is -2.30. The number of aromatic nitrogens is 1. The van der Waals surface area contributed by atoms with Crippen LogP contribution in [0.5, 0.6) is 0 Å². The number of carbonyl (C=O) groups is 1. The average molecular weight is 393 g/mol. The summed E-state index contributed by atoms with van der Waals surface area (Å²) in [6, 6.07) is 15.2. The average Bonchev–Trinajstić information content (AvgIpc) is 2.72. The Morgan fingerprint density at radius 3 is 2.59 bits per heavy atom. The zero-order valence-electron chi connectivity index (χ0n) is 15.9. The van der Waals surface area contributed by atoms with Crippen molar-refractivity contribution in [3.63, 3.8) is 0 Å². The number of fused-ring (bicyclic) bond motifs is 1. The summed E-state index contributed by atoms with van der Waals surface area (Å²) in [5.41, 5.74) is 9.22. The van der Waals surface area contributed by atoms with Gasteiger partial charge in [0.25, 0.3) is 5.91 Å². The van der Waals surface area contributed by atoms with Crippen molar-refractivity contribution >= 4 is 5.91 Å². The summed E-state index contributed by atoms with van der Waals surface area (Å²) in [5.74, 6) is -1.98. The fourth-order valence-electron chi connectivity index (χ4n) is 3.79. The van der Waals surface area contributed by atoms with Gasteiger partial charge in [-0.2, -0.15) is 0 Å². The van der Waals surface area contributed by atoms with Gasteiger partial charge in [0.15, 0.2) is 0 Å². The highest BCUT2D eigenvalue weighted by atomic mass is 19.1. The maximum absolute atomic E-state index is 14.4. The van der Waals surface area contributed by atoms with Crippen LogP contribution in [-0.4, -0.2) is 28.9 Å². The lowest BCUT2D eigenvalue weighted by Crippen LogP contribution is -2.34. The van der Waals surface area contributed by atoms with Gasteiger partial charge in [-0.05, 0) is 47.7 Å². The van der Waals surface area contributed by atoms with Gasteiger partial charge in [0, 0.05) is 31.3 Å². The molecule has 2 heterocycles. The van der Waals surface area contributed by atoms with Gasteiger partial charge in [0.1, 0.15) is 17.3 Å². The largest absolute Gasteiger partial charge is 0.364 e. The summed E-state index contributed by atoms with van der Waals surface area (Å²) < 4.78 is 27.8. The summed E-state index contributed by atoms with van der Waals surface area (Å²) in [6.07, 6.45) is 1.58. The number of hydrogen-bond acceptors (Lipinski definition) is 3. The summed E-state index contributed by atoms with van der Waals surface area (Å²) in [7, 11) is 0. The summed E-state index contributed by atoms with van der Waals surface area (Å²) in [5, 5.41) is 0. The summed E-state index contributed by atoms with van der Waals surface area (Å²) >= 11 is 0. The van der Waals surface area contributed by atoms with Gasteiger partial charge in [-0.15, -0.1) is 0 Å². The van der Waals surface area contributed by atoms with E-state index in [1.54, 1.807) is 0 Å². The number of amides is 1. The molecule has 0 unspecified atom stereocenters. The van der Waals surface area contributed by atoms with Crippen molar-refractivity contribution in [3.8, 4) is 11.1 Å². The van der Waals surface area contributed by atoms with Crippen LogP contribution in [0.15, 0.2) is 54.6 Å². The Kier molecular flexibility index (Phi) is 5.36. The van der Waals surface area contributed by atoms with Crippen molar-refractivity contribution in [1.82, 2.24) is 9.88 Å². The van der Waals surface area contributed by atoms with E-state index >= 15 is 0 Å². The van der Waals surface area contributed by atoms with Gasteiger partial charge in [0.05, 0.1) is 5.69 Å². The third kappa shape index (κ3) is 4.17. The van der Waals surface area contributed by atoms with E-state index in [4.69, 9.17) is 5.73 Å². The number of benzene rings is 2. The molecule has 0 fully saturated rings. The predicted molar refractivity (Wildman–Crippen MR) is 107 cm³/mol. The first-order valence-corrected chi connectivity index (χ1v) is 9.55. The van der Waals surface area contributed by atoms with Crippen molar-refractivity contribution in [2.45, 2.75) is 19.4 Å². The molecule has 0 aliphatic carbocycles. The Hall–Kier alpha value is -3.12. The SMILES string of the molecule is NC(=O)c1cc(-c2ccc(F)cc2F)c2c(n1)CN(CCc1ccccc1)CC2. The van der Waals surface area contributed by atoms with Gasteiger partial charge in [-0.25, -0.2) is 13.8 Å². The molecule has 3 aromatic rings. The second kappa shape index (κ2) is 8.09. The van der Waals surface area contributed by atoms with Crippen molar-refractivity contribution in [2.24, 2.45) is 5.73 Å². The minimum Gasteiger partial charge on any atom is -0.364 e. The molecular weight excluding hydrogens is 372 g/mol. The van der Waals surface area contributed by atoms with E-state index in [0.29, 0.717) is 18.5 Å². The first-order valence-electron chi connectivity index (χ1n) is 9.55. The smallest absolute Gasteiger partial charge is 0.267 e. The standard InChI is InChI=1S/C23H21F2N3O/c24-16-6-7-17(20(25)12-16)19-13-21(23(26)29)27-22-14-28(11-9-18(19)22)10-8-15-4-2-1-3-5-15/h1-7,12-13H,8-11,14H2,(H2,26,29). The van der Waals surface area contributed by atoms with Crippen LogP contribution >= 0.6 is 0 Å². The molecule has 1 aromatic heterocycles. The molecule has 29 heavy (non-hydrogen) atoms. The Balaban J connectivity index is 1.65. The number of rotatable bonds is 5. The molecule has 1 aliphatic heterocycles. The van der Waals surface area contributed by atoms with Gasteiger partial charge in [-0.3, -0.25) is 9.69 Å². The number of halogens is 2. The van der Waals surface area contributed by atoms with E-state index in [2.05, 4.69) is 22.0 Å². The maximum Gasteiger partial charge on any atom is 0.267 e. The second-order valence-corrected chi connectivity index (χ2v) is 7.23. The molecular formula is C23H21F2N3O. The molecule has 4 nitrogen and oxygen atoms in total. The first-order chi connectivity index (χ1) is 14.0. The number of nitrogens with two attached hydrogens (primary N) is 1. The molecule has 1 amide bonds. The molecule has 0 radical (unpaired) electrons. The highest BCUT2D eigenvalue weighted by molar-refractivity contribution is 5.92. The molecule has 2 aromatic carbocycles. The third-order valence-electron chi connectivity index (χ3n) is 5.29. The predicted octanol–water partition coefficient (Wildman–Crippen LogP) is 3.73. The van der Waals surface area contributed by atoms with Gasteiger partial charge in [-0.1, -0.05) is 30.3 Å². The third-order valence-corrected chi connectivity index (χ3v) is 5.29. The van der Waals surface area contributed by atoms with Crippen molar-refractivity contribution in [1.29, 1.82) is 0 Å². The zero-order valence-corrected chi connectivity index (χ0v) is 15.9. The van der Waals surface area contributed by atoms with Gasteiger partial charge >= 0.3 is 0 Å². The normalized spacial score (nSPS) is 13.9. The van der Waals surface area contributed by atoms with Crippen molar-refractivity contribution in [2.75, 3.05) is 13.1 Å². The molecule has 0 bridgehead atoms. The molecule has 0 saturated carbocycles. The van der Waals surface area contributed by atoms with Crippen LogP contribution in [0.1, 0.15) is 27.3 Å². The van der Waals surface area contributed by atoms with Crippen LogP contribution in [0.3, 0.4) is 0 Å². The number of primary amides is 1. The molecule has 148 valence electrons. The van der Waals surface area contributed by atoms with E-state index < -0.39 is 17.5 Å². The first kappa shape index (κ1) is 19.2. The monoisotopic (exact) mass is 393 g/mol. The Morgan fingerprint density at radius 1 is 1.07 bits per heavy atom. The quantitative estimate of drug-likeness (QED) is 0.719. The Bertz CT molecular complexity index is 1050. The van der Waals surface area contributed by atoms with Gasteiger partial charge < -0.3 is 5.73 Å². The van der Waals surface area contributed by atoms with E-state index in [1.165, 1.54) is 23.8 Å². The van der Waals surface area contributed by atoms with Crippen LogP contribution in [-0.2, 0) is 19.4 Å². The Morgan fingerprint density at radius 2 is 1.86 bits per heavy atom. The van der Waals surface area contributed by atoms with Crippen LogP contribution in [0.4, 0.5) is 8.78 Å². The number of carbonyl (C=O) groups excluding carboxylic acids is 1. The fraction of sp³-hybridized carbons (Fsp3) is 0.217. The lowest BCUT2D eigenvalue weighted by molar-refractivity contribution is 0.0995. The fourth-order valence-corrected chi connectivity index (χ4v) is 3.79. The van der Waals surface area contributed by atoms with Crippen molar-refractivity contribution in [3.05, 3.63) is 88.7 Å². The minimum atomic E-state index is -0.669. The van der Waals surface area contributed by atoms with Crippen LogP contribution < -0.4 is 5.73 Å². The molecule has 6 heteroatoms. The topological polar surface area (TPSA) is 59.2 Å². The molecule has 1 aliphatic rings. The van der Waals surface area contributed by atoms with E-state index in [0.717, 1.165) is 36.8 Å². The number of nitrogens with zero attached hydrogens (tertiary/aromatic N) is 2. The maximum atomic E-state index is 14.4. The highest BCUT2D eigenvalue weighted by Gasteiger charge is 2.24. The minimum absolute atomic E-state index is 0.0902. The molecule has 0 spiro atoms. The van der Waals surface area contributed by atoms with Crippen LogP contribution in [0.2, 0.25) is 0 Å². The van der Waals surface area contributed by atoms with Gasteiger partial charge in [0.2, 0.25) is 0 Å².